The fraction of sp³-hybridized carbons (Fsp3) is 0.500. The average Bonchev–Trinajstić information content (AvgIpc) is 2.38. The van der Waals surface area contributed by atoms with Crippen molar-refractivity contribution in [3.05, 3.63) is 34.9 Å². The lowest BCUT2D eigenvalue weighted by atomic mass is 10.1. The fourth-order valence-electron chi connectivity index (χ4n) is 2.48. The standard InChI is InChI=1S/C16H21ClN2O2Si/c1-15(2,3)21-14(20)22-10-16(9-18,11-22)19-8-12-4-6-13(17)7-5-12/h4-7,19,22H,8,10-11H2,1-3H3. The highest BCUT2D eigenvalue weighted by molar-refractivity contribution is 6.91. The van der Waals surface area contributed by atoms with Crippen LogP contribution in [-0.2, 0) is 11.3 Å². The summed E-state index contributed by atoms with van der Waals surface area (Å²) in [5.41, 5.74) is -0.0350. The van der Waals surface area contributed by atoms with Crippen molar-refractivity contribution in [1.82, 2.24) is 5.32 Å². The number of hydrogen-bond acceptors (Lipinski definition) is 4. The molecule has 0 bridgehead atoms. The molecule has 1 aromatic carbocycles. The van der Waals surface area contributed by atoms with Crippen molar-refractivity contribution in [1.29, 1.82) is 5.26 Å². The van der Waals surface area contributed by atoms with Crippen molar-refractivity contribution in [3.8, 4) is 6.07 Å². The monoisotopic (exact) mass is 336 g/mol. The molecule has 1 aromatic rings. The van der Waals surface area contributed by atoms with Crippen molar-refractivity contribution < 1.29 is 9.53 Å². The summed E-state index contributed by atoms with van der Waals surface area (Å²) in [6, 6.07) is 11.1. The lowest BCUT2D eigenvalue weighted by molar-refractivity contribution is 0.0700. The van der Waals surface area contributed by atoms with Gasteiger partial charge < -0.3 is 4.74 Å². The Morgan fingerprint density at radius 3 is 2.50 bits per heavy atom. The Balaban J connectivity index is 1.87. The van der Waals surface area contributed by atoms with Crippen LogP contribution < -0.4 is 5.32 Å². The van der Waals surface area contributed by atoms with E-state index < -0.39 is 19.9 Å². The van der Waals surface area contributed by atoms with E-state index in [4.69, 9.17) is 16.3 Å². The van der Waals surface area contributed by atoms with Gasteiger partial charge in [-0.3, -0.25) is 10.1 Å². The summed E-state index contributed by atoms with van der Waals surface area (Å²) in [6.45, 7) is 6.21. The molecule has 1 N–H and O–H groups in total. The van der Waals surface area contributed by atoms with Gasteiger partial charge in [-0.2, -0.15) is 5.26 Å². The van der Waals surface area contributed by atoms with E-state index in [1.807, 2.05) is 45.0 Å². The number of nitrogens with one attached hydrogen (secondary N) is 1. The summed E-state index contributed by atoms with van der Waals surface area (Å²) in [7, 11) is -1.64. The second-order valence-electron chi connectivity index (χ2n) is 6.81. The molecular formula is C16H21ClN2O2Si. The zero-order chi connectivity index (χ0) is 16.4. The van der Waals surface area contributed by atoms with Crippen LogP contribution in [0.15, 0.2) is 24.3 Å². The third kappa shape index (κ3) is 4.32. The number of benzene rings is 1. The van der Waals surface area contributed by atoms with Gasteiger partial charge in [0.05, 0.1) is 6.07 Å². The largest absolute Gasteiger partial charge is 0.465 e. The summed E-state index contributed by atoms with van der Waals surface area (Å²) < 4.78 is 5.43. The minimum atomic E-state index is -1.64. The molecule has 4 nitrogen and oxygen atoms in total. The van der Waals surface area contributed by atoms with E-state index in [1.165, 1.54) is 0 Å². The molecule has 1 heterocycles. The maximum absolute atomic E-state index is 12.0. The van der Waals surface area contributed by atoms with Crippen LogP contribution >= 0.6 is 11.6 Å². The minimum absolute atomic E-state index is 0.0772. The van der Waals surface area contributed by atoms with Gasteiger partial charge in [0.15, 0.2) is 8.80 Å². The molecule has 0 atom stereocenters. The summed E-state index contributed by atoms with van der Waals surface area (Å²) >= 11 is 5.86. The van der Waals surface area contributed by atoms with Crippen LogP contribution in [0.5, 0.6) is 0 Å². The number of nitrogens with zero attached hydrogens (tertiary/aromatic N) is 1. The van der Waals surface area contributed by atoms with Gasteiger partial charge in [0.2, 0.25) is 0 Å². The van der Waals surface area contributed by atoms with Gasteiger partial charge in [0.1, 0.15) is 11.1 Å². The molecule has 0 spiro atoms. The van der Waals surface area contributed by atoms with E-state index in [1.54, 1.807) is 0 Å². The molecule has 0 aromatic heterocycles. The molecule has 118 valence electrons. The highest BCUT2D eigenvalue weighted by atomic mass is 35.5. The lowest BCUT2D eigenvalue weighted by Gasteiger charge is -2.41. The van der Waals surface area contributed by atoms with Gasteiger partial charge in [-0.25, -0.2) is 0 Å². The second-order valence-corrected chi connectivity index (χ2v) is 9.93. The van der Waals surface area contributed by atoms with E-state index >= 15 is 0 Å². The molecule has 0 aliphatic carbocycles. The molecule has 1 fully saturated rings. The van der Waals surface area contributed by atoms with Crippen LogP contribution in [0, 0.1) is 11.3 Å². The van der Waals surface area contributed by atoms with Gasteiger partial charge in [-0.1, -0.05) is 23.7 Å². The molecule has 1 saturated heterocycles. The zero-order valence-corrected chi connectivity index (χ0v) is 15.1. The molecule has 0 amide bonds. The Morgan fingerprint density at radius 1 is 1.41 bits per heavy atom. The molecular weight excluding hydrogens is 316 g/mol. The predicted octanol–water partition coefficient (Wildman–Crippen LogP) is 3.45. The van der Waals surface area contributed by atoms with Crippen LogP contribution in [0.3, 0.4) is 0 Å². The van der Waals surface area contributed by atoms with Gasteiger partial charge >= 0.3 is 0 Å². The number of ether oxygens (including phenoxy) is 1. The molecule has 1 aliphatic heterocycles. The number of halogens is 1. The molecule has 6 heteroatoms. The number of hydrogen-bond donors (Lipinski definition) is 1. The number of nitriles is 1. The summed E-state index contributed by atoms with van der Waals surface area (Å²) in [5, 5.41) is 13.4. The lowest BCUT2D eigenvalue weighted by Crippen LogP contribution is -2.60. The molecule has 1 aliphatic rings. The number of carbonyl (C=O) groups excluding carboxylic acids is 1. The molecule has 2 rings (SSSR count). The van der Waals surface area contributed by atoms with Gasteiger partial charge in [-0.15, -0.1) is 0 Å². The minimum Gasteiger partial charge on any atom is -0.465 e. The summed E-state index contributed by atoms with van der Waals surface area (Å²) in [6.07, 6.45) is 0. The summed E-state index contributed by atoms with van der Waals surface area (Å²) in [4.78, 5) is 12.0. The molecule has 0 radical (unpaired) electrons. The Kier molecular flexibility index (Phi) is 4.96. The van der Waals surface area contributed by atoms with Crippen molar-refractivity contribution >= 4 is 26.0 Å². The van der Waals surface area contributed by atoms with Crippen molar-refractivity contribution in [2.45, 2.75) is 50.5 Å². The van der Waals surface area contributed by atoms with E-state index in [-0.39, 0.29) is 5.59 Å². The molecule has 0 saturated carbocycles. The highest BCUT2D eigenvalue weighted by Crippen LogP contribution is 2.35. The second kappa shape index (κ2) is 6.41. The van der Waals surface area contributed by atoms with Crippen LogP contribution in [0.2, 0.25) is 17.1 Å². The molecule has 0 unspecified atom stereocenters. The van der Waals surface area contributed by atoms with E-state index in [9.17, 15) is 10.1 Å². The Bertz CT molecular complexity index is 584. The van der Waals surface area contributed by atoms with Crippen LogP contribution in [0.4, 0.5) is 4.79 Å². The normalized spacial score (nSPS) is 24.2. The van der Waals surface area contributed by atoms with E-state index in [2.05, 4.69) is 11.4 Å². The quantitative estimate of drug-likeness (QED) is 0.855. The van der Waals surface area contributed by atoms with E-state index in [0.29, 0.717) is 23.7 Å². The number of carbonyl (C=O) groups is 1. The predicted molar refractivity (Wildman–Crippen MR) is 89.6 cm³/mol. The van der Waals surface area contributed by atoms with Gasteiger partial charge in [0.25, 0.3) is 5.59 Å². The van der Waals surface area contributed by atoms with E-state index in [0.717, 1.165) is 5.56 Å². The van der Waals surface area contributed by atoms with Crippen LogP contribution in [0.1, 0.15) is 26.3 Å². The average molecular weight is 337 g/mol. The van der Waals surface area contributed by atoms with Crippen LogP contribution in [0.25, 0.3) is 0 Å². The van der Waals surface area contributed by atoms with Crippen LogP contribution in [-0.4, -0.2) is 25.5 Å². The first kappa shape index (κ1) is 17.0. The highest BCUT2D eigenvalue weighted by Gasteiger charge is 2.50. The Labute approximate surface area is 138 Å². The van der Waals surface area contributed by atoms with Crippen molar-refractivity contribution in [2.24, 2.45) is 0 Å². The van der Waals surface area contributed by atoms with Crippen molar-refractivity contribution in [2.75, 3.05) is 0 Å². The van der Waals surface area contributed by atoms with Crippen molar-refractivity contribution in [3.63, 3.8) is 0 Å². The Morgan fingerprint density at radius 2 is 2.00 bits per heavy atom. The first-order chi connectivity index (χ1) is 10.2. The first-order valence-electron chi connectivity index (χ1n) is 7.37. The topological polar surface area (TPSA) is 62.1 Å². The van der Waals surface area contributed by atoms with Gasteiger partial charge in [0, 0.05) is 11.6 Å². The smallest absolute Gasteiger partial charge is 0.268 e. The third-order valence-corrected chi connectivity index (χ3v) is 7.10. The SMILES string of the molecule is CC(C)(C)OC(=O)[SiH]1CC(C#N)(NCc2ccc(Cl)cc2)C1. The third-order valence-electron chi connectivity index (χ3n) is 3.69. The fourth-order valence-corrected chi connectivity index (χ4v) is 5.50. The zero-order valence-electron chi connectivity index (χ0n) is 13.1. The summed E-state index contributed by atoms with van der Waals surface area (Å²) in [5.74, 6) is 0. The maximum Gasteiger partial charge on any atom is 0.268 e. The Hall–Kier alpha value is -1.35. The first-order valence-corrected chi connectivity index (χ1v) is 9.95. The molecule has 22 heavy (non-hydrogen) atoms. The maximum atomic E-state index is 12.0. The number of rotatable bonds is 4. The van der Waals surface area contributed by atoms with Gasteiger partial charge in [-0.05, 0) is 50.6 Å².